The lowest BCUT2D eigenvalue weighted by Crippen LogP contribution is -2.53. The molecule has 0 fully saturated rings. The summed E-state index contributed by atoms with van der Waals surface area (Å²) >= 11 is 2.70. The molecule has 1 aromatic rings. The van der Waals surface area contributed by atoms with Gasteiger partial charge in [0.15, 0.2) is 0 Å². The predicted molar refractivity (Wildman–Crippen MR) is 58.7 cm³/mol. The van der Waals surface area contributed by atoms with Gasteiger partial charge < -0.3 is 10.4 Å². The average Bonchev–Trinajstić information content (AvgIpc) is 2.26. The fourth-order valence-electron chi connectivity index (χ4n) is 1.48. The van der Waals surface area contributed by atoms with Crippen LogP contribution in [-0.4, -0.2) is 27.1 Å². The van der Waals surface area contributed by atoms with Crippen molar-refractivity contribution < 1.29 is 19.5 Å². The topological polar surface area (TPSA) is 83.5 Å². The van der Waals surface area contributed by atoms with E-state index in [1.54, 1.807) is 18.2 Å². The summed E-state index contributed by atoms with van der Waals surface area (Å²) in [5, 5.41) is 11.3. The molecule has 1 heterocycles. The lowest BCUT2D eigenvalue weighted by molar-refractivity contribution is -0.141. The molecule has 0 aromatic heterocycles. The van der Waals surface area contributed by atoms with Gasteiger partial charge in [0.1, 0.15) is 0 Å². The van der Waals surface area contributed by atoms with Crippen molar-refractivity contribution in [1.82, 2.24) is 0 Å². The zero-order valence-electron chi connectivity index (χ0n) is 7.86. The van der Waals surface area contributed by atoms with Gasteiger partial charge in [0, 0.05) is 5.56 Å². The van der Waals surface area contributed by atoms with E-state index in [1.165, 1.54) is 6.07 Å². The smallest absolute Gasteiger partial charge is 0.338 e. The largest absolute Gasteiger partial charge is 0.479 e. The van der Waals surface area contributed by atoms with E-state index in [-0.39, 0.29) is 5.56 Å². The first-order valence-electron chi connectivity index (χ1n) is 4.35. The van der Waals surface area contributed by atoms with Crippen molar-refractivity contribution in [3.8, 4) is 0 Å². The van der Waals surface area contributed by atoms with Crippen LogP contribution in [0.25, 0.3) is 0 Å². The minimum Gasteiger partial charge on any atom is -0.479 e. The van der Waals surface area contributed by atoms with E-state index >= 15 is 0 Å². The molecular formula is C10H6BrNO4. The molecular weight excluding hydrogens is 278 g/mol. The maximum atomic E-state index is 11.9. The molecule has 1 unspecified atom stereocenters. The number of nitrogens with one attached hydrogen (secondary N) is 1. The number of fused-ring (bicyclic) bond motifs is 1. The van der Waals surface area contributed by atoms with Crippen LogP contribution in [0.2, 0.25) is 0 Å². The van der Waals surface area contributed by atoms with Gasteiger partial charge in [0.2, 0.25) is 5.78 Å². The number of hydrogen-bond donors (Lipinski definition) is 2. The van der Waals surface area contributed by atoms with E-state index in [0.717, 1.165) is 0 Å². The molecule has 0 saturated heterocycles. The molecule has 0 bridgehead atoms. The SMILES string of the molecule is O=C(O)C1(Br)C(=O)Nc2ccccc2C1=O. The standard InChI is InChI=1S/C10H6BrNO4/c11-10(9(15)16)7(13)5-3-1-2-4-6(5)12-8(10)14/h1-4H,(H,12,14)(H,15,16). The Kier molecular flexibility index (Phi) is 2.31. The normalized spacial score (nSPS) is 23.6. The summed E-state index contributed by atoms with van der Waals surface area (Å²) in [5.41, 5.74) is 0.509. The number of ketones is 1. The highest BCUT2D eigenvalue weighted by Gasteiger charge is 2.54. The van der Waals surface area contributed by atoms with E-state index in [2.05, 4.69) is 21.2 Å². The van der Waals surface area contributed by atoms with Gasteiger partial charge in [-0.1, -0.05) is 28.1 Å². The van der Waals surface area contributed by atoms with E-state index < -0.39 is 22.0 Å². The van der Waals surface area contributed by atoms with Crippen molar-refractivity contribution in [3.05, 3.63) is 29.8 Å². The Balaban J connectivity index is 2.63. The number of hydrogen-bond acceptors (Lipinski definition) is 3. The highest BCUT2D eigenvalue weighted by molar-refractivity contribution is 9.11. The molecule has 2 N–H and O–H groups in total. The predicted octanol–water partition coefficient (Wildman–Crippen LogP) is 1.04. The van der Waals surface area contributed by atoms with Crippen LogP contribution in [0, 0.1) is 0 Å². The van der Waals surface area contributed by atoms with Crippen molar-refractivity contribution in [2.75, 3.05) is 5.32 Å². The molecule has 1 amide bonds. The summed E-state index contributed by atoms with van der Waals surface area (Å²) in [6.07, 6.45) is 0. The van der Waals surface area contributed by atoms with Gasteiger partial charge in [-0.3, -0.25) is 9.59 Å². The summed E-state index contributed by atoms with van der Waals surface area (Å²) in [4.78, 5) is 34.5. The minimum atomic E-state index is -2.22. The van der Waals surface area contributed by atoms with E-state index in [4.69, 9.17) is 5.11 Å². The molecule has 1 aromatic carbocycles. The van der Waals surface area contributed by atoms with Crippen molar-refractivity contribution in [2.24, 2.45) is 0 Å². The van der Waals surface area contributed by atoms with Crippen molar-refractivity contribution in [3.63, 3.8) is 0 Å². The summed E-state index contributed by atoms with van der Waals surface area (Å²) in [5.74, 6) is -3.17. The van der Waals surface area contributed by atoms with E-state index in [0.29, 0.717) is 5.69 Å². The first kappa shape index (κ1) is 10.8. The van der Waals surface area contributed by atoms with Gasteiger partial charge in [0.25, 0.3) is 10.2 Å². The number of carboxylic acid groups (broad SMARTS) is 1. The average molecular weight is 284 g/mol. The molecule has 82 valence electrons. The maximum Gasteiger partial charge on any atom is 0.338 e. The fraction of sp³-hybridized carbons (Fsp3) is 0.100. The third kappa shape index (κ3) is 1.26. The second kappa shape index (κ2) is 3.41. The molecule has 2 rings (SSSR count). The van der Waals surface area contributed by atoms with Gasteiger partial charge >= 0.3 is 5.97 Å². The number of carbonyl (C=O) groups is 3. The van der Waals surface area contributed by atoms with Crippen LogP contribution in [0.3, 0.4) is 0 Å². The van der Waals surface area contributed by atoms with Crippen LogP contribution in [0.4, 0.5) is 5.69 Å². The van der Waals surface area contributed by atoms with Crippen molar-refractivity contribution >= 4 is 39.3 Å². The van der Waals surface area contributed by atoms with Gasteiger partial charge in [-0.15, -0.1) is 0 Å². The summed E-state index contributed by atoms with van der Waals surface area (Å²) in [6, 6.07) is 6.26. The Morgan fingerprint density at radius 1 is 1.31 bits per heavy atom. The van der Waals surface area contributed by atoms with E-state index in [9.17, 15) is 14.4 Å². The molecule has 1 aliphatic heterocycles. The molecule has 5 nitrogen and oxygen atoms in total. The highest BCUT2D eigenvalue weighted by atomic mass is 79.9. The summed E-state index contributed by atoms with van der Waals surface area (Å²) < 4.78 is -2.22. The van der Waals surface area contributed by atoms with Crippen LogP contribution >= 0.6 is 15.9 Å². The zero-order chi connectivity index (χ0) is 11.9. The van der Waals surface area contributed by atoms with E-state index in [1.807, 2.05) is 0 Å². The van der Waals surface area contributed by atoms with Gasteiger partial charge in [0.05, 0.1) is 5.69 Å². The minimum absolute atomic E-state index is 0.182. The van der Waals surface area contributed by atoms with Crippen LogP contribution in [0.15, 0.2) is 24.3 Å². The first-order chi connectivity index (χ1) is 7.48. The molecule has 0 radical (unpaired) electrons. The second-order valence-electron chi connectivity index (χ2n) is 3.29. The monoisotopic (exact) mass is 283 g/mol. The molecule has 1 aliphatic rings. The molecule has 0 aliphatic carbocycles. The lowest BCUT2D eigenvalue weighted by atomic mass is 9.91. The number of carboxylic acids is 1. The number of carbonyl (C=O) groups excluding carboxylic acids is 2. The van der Waals surface area contributed by atoms with Gasteiger partial charge in [-0.25, -0.2) is 4.79 Å². The third-order valence-electron chi connectivity index (χ3n) is 2.34. The van der Waals surface area contributed by atoms with Crippen molar-refractivity contribution in [2.45, 2.75) is 4.32 Å². The van der Waals surface area contributed by atoms with Crippen LogP contribution in [0.1, 0.15) is 10.4 Å². The Labute approximate surface area is 98.6 Å². The zero-order valence-corrected chi connectivity index (χ0v) is 9.45. The summed E-state index contributed by atoms with van der Waals surface area (Å²) in [7, 11) is 0. The number of amides is 1. The Morgan fingerprint density at radius 2 is 1.94 bits per heavy atom. The first-order valence-corrected chi connectivity index (χ1v) is 5.15. The van der Waals surface area contributed by atoms with Crippen molar-refractivity contribution in [1.29, 1.82) is 0 Å². The summed E-state index contributed by atoms with van der Waals surface area (Å²) in [6.45, 7) is 0. The molecule has 1 atom stereocenters. The number of Topliss-reactive ketones (excluding diaryl/α,β-unsaturated/α-hetero) is 1. The highest BCUT2D eigenvalue weighted by Crippen LogP contribution is 2.33. The second-order valence-corrected chi connectivity index (χ2v) is 4.48. The Hall–Kier alpha value is -1.69. The van der Waals surface area contributed by atoms with Gasteiger partial charge in [-0.2, -0.15) is 0 Å². The molecule has 16 heavy (non-hydrogen) atoms. The Bertz CT molecular complexity index is 513. The van der Waals surface area contributed by atoms with Crippen LogP contribution < -0.4 is 5.32 Å². The molecule has 0 saturated carbocycles. The number of aliphatic carboxylic acids is 1. The maximum absolute atomic E-state index is 11.9. The third-order valence-corrected chi connectivity index (χ3v) is 3.40. The number of rotatable bonds is 1. The number of alkyl halides is 1. The fourth-order valence-corrected chi connectivity index (χ4v) is 1.79. The number of benzene rings is 1. The van der Waals surface area contributed by atoms with Crippen LogP contribution in [0.5, 0.6) is 0 Å². The number of anilines is 1. The number of para-hydroxylation sites is 1. The van der Waals surface area contributed by atoms with Crippen LogP contribution in [-0.2, 0) is 9.59 Å². The molecule has 0 spiro atoms. The molecule has 6 heteroatoms. The quantitative estimate of drug-likeness (QED) is 0.596. The van der Waals surface area contributed by atoms with Gasteiger partial charge in [-0.05, 0) is 12.1 Å². The lowest BCUT2D eigenvalue weighted by Gasteiger charge is -2.26. The Morgan fingerprint density at radius 3 is 2.56 bits per heavy atom. The number of halogens is 1.